The van der Waals surface area contributed by atoms with E-state index >= 15 is 0 Å². The van der Waals surface area contributed by atoms with E-state index in [-0.39, 0.29) is 0 Å². The zero-order valence-corrected chi connectivity index (χ0v) is 8.60. The SMILES string of the molecule is CCCC(C)C=C1CCCCC1. The number of hydrogen-bond donors (Lipinski definition) is 0. The standard InChI is InChI=1S/C12H22/c1-3-7-11(2)10-12-8-5-4-6-9-12/h10-11H,3-9H2,1-2H3. The van der Waals surface area contributed by atoms with E-state index < -0.39 is 0 Å². The van der Waals surface area contributed by atoms with Crippen LogP contribution in [0.4, 0.5) is 0 Å². The van der Waals surface area contributed by atoms with Gasteiger partial charge < -0.3 is 0 Å². The molecule has 0 radical (unpaired) electrons. The summed E-state index contributed by atoms with van der Waals surface area (Å²) >= 11 is 0. The second-order valence-electron chi connectivity index (χ2n) is 4.15. The van der Waals surface area contributed by atoms with E-state index in [9.17, 15) is 0 Å². The van der Waals surface area contributed by atoms with Crippen LogP contribution in [-0.2, 0) is 0 Å². The van der Waals surface area contributed by atoms with Gasteiger partial charge in [0.1, 0.15) is 0 Å². The summed E-state index contributed by atoms with van der Waals surface area (Å²) in [5, 5.41) is 0. The van der Waals surface area contributed by atoms with Gasteiger partial charge in [0.25, 0.3) is 0 Å². The van der Waals surface area contributed by atoms with Gasteiger partial charge in [-0.25, -0.2) is 0 Å². The first-order valence-electron chi connectivity index (χ1n) is 5.52. The third-order valence-corrected chi connectivity index (χ3v) is 2.76. The van der Waals surface area contributed by atoms with Crippen LogP contribution in [0.3, 0.4) is 0 Å². The Morgan fingerprint density at radius 2 is 1.92 bits per heavy atom. The molecule has 1 atom stereocenters. The average Bonchev–Trinajstić information content (AvgIpc) is 2.06. The first-order chi connectivity index (χ1) is 5.83. The second-order valence-corrected chi connectivity index (χ2v) is 4.15. The molecule has 0 saturated heterocycles. The van der Waals surface area contributed by atoms with E-state index in [4.69, 9.17) is 0 Å². The maximum absolute atomic E-state index is 2.53. The average molecular weight is 166 g/mol. The fourth-order valence-electron chi connectivity index (χ4n) is 2.11. The molecule has 0 aromatic heterocycles. The Morgan fingerprint density at radius 3 is 2.50 bits per heavy atom. The summed E-state index contributed by atoms with van der Waals surface area (Å²) in [6.07, 6.45) is 12.3. The predicted molar refractivity (Wildman–Crippen MR) is 55.2 cm³/mol. The van der Waals surface area contributed by atoms with Gasteiger partial charge in [0.15, 0.2) is 0 Å². The minimum atomic E-state index is 0.822. The predicted octanol–water partition coefficient (Wildman–Crippen LogP) is 4.31. The van der Waals surface area contributed by atoms with Crippen LogP contribution < -0.4 is 0 Å². The molecular weight excluding hydrogens is 144 g/mol. The molecule has 70 valence electrons. The molecule has 1 aliphatic rings. The lowest BCUT2D eigenvalue weighted by Crippen LogP contribution is -1.97. The number of rotatable bonds is 3. The molecule has 0 nitrogen and oxygen atoms in total. The monoisotopic (exact) mass is 166 g/mol. The van der Waals surface area contributed by atoms with Crippen molar-refractivity contribution < 1.29 is 0 Å². The maximum atomic E-state index is 2.53. The number of allylic oxidation sites excluding steroid dienone is 2. The third-order valence-electron chi connectivity index (χ3n) is 2.76. The minimum Gasteiger partial charge on any atom is -0.0825 e. The highest BCUT2D eigenvalue weighted by Crippen LogP contribution is 2.24. The van der Waals surface area contributed by atoms with E-state index in [1.54, 1.807) is 5.57 Å². The van der Waals surface area contributed by atoms with Crippen molar-refractivity contribution in [3.8, 4) is 0 Å². The van der Waals surface area contributed by atoms with Crippen LogP contribution in [0.2, 0.25) is 0 Å². The smallest absolute Gasteiger partial charge is 0.0259 e. The van der Waals surface area contributed by atoms with Crippen molar-refractivity contribution in [2.24, 2.45) is 5.92 Å². The molecule has 0 N–H and O–H groups in total. The van der Waals surface area contributed by atoms with Crippen LogP contribution in [0, 0.1) is 5.92 Å². The molecule has 0 heterocycles. The molecule has 0 aromatic rings. The summed E-state index contributed by atoms with van der Waals surface area (Å²) < 4.78 is 0. The lowest BCUT2D eigenvalue weighted by atomic mass is 9.91. The van der Waals surface area contributed by atoms with Gasteiger partial charge in [-0.1, -0.05) is 38.3 Å². The van der Waals surface area contributed by atoms with Gasteiger partial charge in [0, 0.05) is 0 Å². The molecule has 12 heavy (non-hydrogen) atoms. The van der Waals surface area contributed by atoms with Gasteiger partial charge in [-0.3, -0.25) is 0 Å². The highest BCUT2D eigenvalue weighted by Gasteiger charge is 2.06. The van der Waals surface area contributed by atoms with Crippen molar-refractivity contribution in [1.82, 2.24) is 0 Å². The largest absolute Gasteiger partial charge is 0.0825 e. The van der Waals surface area contributed by atoms with Gasteiger partial charge in [-0.15, -0.1) is 0 Å². The molecule has 0 aromatic carbocycles. The third kappa shape index (κ3) is 3.42. The van der Waals surface area contributed by atoms with Crippen molar-refractivity contribution in [2.45, 2.75) is 58.8 Å². The zero-order chi connectivity index (χ0) is 8.81. The molecule has 0 amide bonds. The second kappa shape index (κ2) is 5.40. The Bertz CT molecular complexity index is 136. The van der Waals surface area contributed by atoms with E-state index in [0.29, 0.717) is 0 Å². The van der Waals surface area contributed by atoms with Crippen molar-refractivity contribution in [2.75, 3.05) is 0 Å². The van der Waals surface area contributed by atoms with E-state index in [1.807, 2.05) is 0 Å². The Balaban J connectivity index is 2.32. The fraction of sp³-hybridized carbons (Fsp3) is 0.833. The van der Waals surface area contributed by atoms with Crippen LogP contribution in [0.5, 0.6) is 0 Å². The molecule has 0 aliphatic heterocycles. The summed E-state index contributed by atoms with van der Waals surface area (Å²) in [7, 11) is 0. The minimum absolute atomic E-state index is 0.822. The Hall–Kier alpha value is -0.260. The van der Waals surface area contributed by atoms with Crippen LogP contribution in [0.15, 0.2) is 11.6 Å². The Morgan fingerprint density at radius 1 is 1.25 bits per heavy atom. The first-order valence-corrected chi connectivity index (χ1v) is 5.52. The summed E-state index contributed by atoms with van der Waals surface area (Å²) in [6, 6.07) is 0. The molecule has 1 rings (SSSR count). The Labute approximate surface area is 77.1 Å². The van der Waals surface area contributed by atoms with Crippen molar-refractivity contribution in [3.05, 3.63) is 11.6 Å². The molecule has 1 saturated carbocycles. The van der Waals surface area contributed by atoms with Crippen LogP contribution in [0.1, 0.15) is 58.8 Å². The molecular formula is C12H22. The summed E-state index contributed by atoms with van der Waals surface area (Å²) in [5.41, 5.74) is 1.74. The van der Waals surface area contributed by atoms with Crippen molar-refractivity contribution in [1.29, 1.82) is 0 Å². The molecule has 0 heteroatoms. The summed E-state index contributed by atoms with van der Waals surface area (Å²) in [6.45, 7) is 4.63. The van der Waals surface area contributed by atoms with E-state index in [1.165, 1.54) is 44.9 Å². The molecule has 0 bridgehead atoms. The molecule has 0 spiro atoms. The Kier molecular flexibility index (Phi) is 4.42. The lowest BCUT2D eigenvalue weighted by molar-refractivity contribution is 0.573. The van der Waals surface area contributed by atoms with Gasteiger partial charge in [0.05, 0.1) is 0 Å². The van der Waals surface area contributed by atoms with Crippen LogP contribution >= 0.6 is 0 Å². The maximum Gasteiger partial charge on any atom is -0.0259 e. The normalized spacial score (nSPS) is 20.7. The van der Waals surface area contributed by atoms with E-state index in [2.05, 4.69) is 19.9 Å². The quantitative estimate of drug-likeness (QED) is 0.548. The van der Waals surface area contributed by atoms with Gasteiger partial charge in [0.2, 0.25) is 0 Å². The van der Waals surface area contributed by atoms with Gasteiger partial charge >= 0.3 is 0 Å². The molecule has 1 unspecified atom stereocenters. The topological polar surface area (TPSA) is 0 Å². The highest BCUT2D eigenvalue weighted by molar-refractivity contribution is 5.05. The summed E-state index contributed by atoms with van der Waals surface area (Å²) in [4.78, 5) is 0. The van der Waals surface area contributed by atoms with Crippen molar-refractivity contribution in [3.63, 3.8) is 0 Å². The molecule has 1 fully saturated rings. The number of hydrogen-bond acceptors (Lipinski definition) is 0. The van der Waals surface area contributed by atoms with Gasteiger partial charge in [-0.2, -0.15) is 0 Å². The first kappa shape index (κ1) is 9.83. The van der Waals surface area contributed by atoms with Crippen LogP contribution in [-0.4, -0.2) is 0 Å². The van der Waals surface area contributed by atoms with Gasteiger partial charge in [-0.05, 0) is 38.0 Å². The fourth-order valence-corrected chi connectivity index (χ4v) is 2.11. The van der Waals surface area contributed by atoms with Crippen molar-refractivity contribution >= 4 is 0 Å². The van der Waals surface area contributed by atoms with Crippen LogP contribution in [0.25, 0.3) is 0 Å². The lowest BCUT2D eigenvalue weighted by Gasteiger charge is -2.15. The summed E-state index contributed by atoms with van der Waals surface area (Å²) in [5.74, 6) is 0.822. The van der Waals surface area contributed by atoms with E-state index in [0.717, 1.165) is 5.92 Å². The molecule has 1 aliphatic carbocycles. The zero-order valence-electron chi connectivity index (χ0n) is 8.60. The highest BCUT2D eigenvalue weighted by atomic mass is 14.1.